The highest BCUT2D eigenvalue weighted by Gasteiger charge is 2.15. The van der Waals surface area contributed by atoms with Crippen molar-refractivity contribution in [1.82, 2.24) is 30.2 Å². The summed E-state index contributed by atoms with van der Waals surface area (Å²) < 4.78 is 20.0. The van der Waals surface area contributed by atoms with Gasteiger partial charge >= 0.3 is 5.97 Å². The van der Waals surface area contributed by atoms with Crippen LogP contribution in [0, 0.1) is 5.82 Å². The van der Waals surface area contributed by atoms with E-state index in [4.69, 9.17) is 37.1 Å². The number of carbonyl (C=O) groups is 2. The zero-order valence-electron chi connectivity index (χ0n) is 16.5. The molecule has 12 nitrogen and oxygen atoms in total. The number of ether oxygens (including phenoxy) is 1. The standard InChI is InChI=1S/C17H17ClFN7O3.CH2O2/c18-17-21-7-10(8-22-17)3-4-29-12-1-2-13(14(19)6-12)16-23-25-26(24-16)9-11(20)5-15(27)28;2-1-3/h1-2,6-8,11H,3-5,9,20H2,(H,27,28);1H,(H,2,3)/t11-;/m0./s1. The van der Waals surface area contributed by atoms with Crippen LogP contribution in [0.25, 0.3) is 11.4 Å². The normalized spacial score (nSPS) is 11.2. The Kier molecular flexibility index (Phi) is 9.38. The predicted octanol–water partition coefficient (Wildman–Crippen LogP) is 1.05. The Morgan fingerprint density at radius 2 is 2.03 bits per heavy atom. The maximum atomic E-state index is 14.4. The van der Waals surface area contributed by atoms with Gasteiger partial charge in [-0.2, -0.15) is 4.80 Å². The summed E-state index contributed by atoms with van der Waals surface area (Å²) in [4.78, 5) is 27.9. The van der Waals surface area contributed by atoms with Crippen molar-refractivity contribution in [3.8, 4) is 17.1 Å². The summed E-state index contributed by atoms with van der Waals surface area (Å²) in [6, 6.07) is 3.62. The number of nitrogens with zero attached hydrogens (tertiary/aromatic N) is 6. The number of tetrazole rings is 1. The van der Waals surface area contributed by atoms with E-state index in [1.165, 1.54) is 12.1 Å². The van der Waals surface area contributed by atoms with Crippen LogP contribution >= 0.6 is 11.6 Å². The number of nitrogens with two attached hydrogens (primary N) is 1. The highest BCUT2D eigenvalue weighted by atomic mass is 35.5. The number of aliphatic carboxylic acids is 1. The molecule has 0 radical (unpaired) electrons. The first kappa shape index (κ1) is 24.6. The Hall–Kier alpha value is -3.71. The molecule has 0 aliphatic carbocycles. The predicted molar refractivity (Wildman–Crippen MR) is 108 cm³/mol. The highest BCUT2D eigenvalue weighted by Crippen LogP contribution is 2.23. The lowest BCUT2D eigenvalue weighted by Gasteiger charge is -2.07. The first-order valence-electron chi connectivity index (χ1n) is 9.04. The monoisotopic (exact) mass is 467 g/mol. The van der Waals surface area contributed by atoms with Crippen LogP contribution in [-0.4, -0.2) is 65.5 Å². The second kappa shape index (κ2) is 12.2. The number of carboxylic acids is 1. The number of carboxylic acid groups (broad SMARTS) is 2. The Labute approximate surface area is 185 Å². The third-order valence-corrected chi connectivity index (χ3v) is 4.00. The van der Waals surface area contributed by atoms with Crippen LogP contribution in [0.2, 0.25) is 5.28 Å². The molecule has 0 fully saturated rings. The number of halogens is 2. The lowest BCUT2D eigenvalue weighted by atomic mass is 10.2. The van der Waals surface area contributed by atoms with Crippen LogP contribution in [-0.2, 0) is 22.6 Å². The third kappa shape index (κ3) is 7.85. The van der Waals surface area contributed by atoms with E-state index in [2.05, 4.69) is 25.4 Å². The van der Waals surface area contributed by atoms with Crippen LogP contribution in [0.5, 0.6) is 5.75 Å². The van der Waals surface area contributed by atoms with Gasteiger partial charge < -0.3 is 20.7 Å². The van der Waals surface area contributed by atoms with Crippen molar-refractivity contribution in [2.24, 2.45) is 5.73 Å². The molecule has 14 heteroatoms. The van der Waals surface area contributed by atoms with Gasteiger partial charge in [-0.05, 0) is 34.5 Å². The van der Waals surface area contributed by atoms with Gasteiger partial charge in [0, 0.05) is 30.9 Å². The molecule has 1 aromatic carbocycles. The van der Waals surface area contributed by atoms with E-state index < -0.39 is 17.8 Å². The molecule has 0 spiro atoms. The van der Waals surface area contributed by atoms with Gasteiger partial charge in [-0.1, -0.05) is 0 Å². The number of rotatable bonds is 9. The highest BCUT2D eigenvalue weighted by molar-refractivity contribution is 6.28. The summed E-state index contributed by atoms with van der Waals surface area (Å²) in [5, 5.41) is 27.4. The number of hydrogen-bond donors (Lipinski definition) is 3. The maximum absolute atomic E-state index is 14.4. The zero-order valence-corrected chi connectivity index (χ0v) is 17.3. The lowest BCUT2D eigenvalue weighted by Crippen LogP contribution is -2.30. The average molecular weight is 468 g/mol. The molecule has 0 bridgehead atoms. The summed E-state index contributed by atoms with van der Waals surface area (Å²) in [7, 11) is 0. The molecule has 2 heterocycles. The molecule has 1 atom stereocenters. The van der Waals surface area contributed by atoms with Crippen LogP contribution in [0.4, 0.5) is 4.39 Å². The van der Waals surface area contributed by atoms with Crippen LogP contribution in [0.3, 0.4) is 0 Å². The Bertz CT molecular complexity index is 1030. The topological polar surface area (TPSA) is 179 Å². The van der Waals surface area contributed by atoms with Crippen LogP contribution in [0.1, 0.15) is 12.0 Å². The minimum atomic E-state index is -1.02. The van der Waals surface area contributed by atoms with Gasteiger partial charge in [-0.3, -0.25) is 9.59 Å². The van der Waals surface area contributed by atoms with Crippen molar-refractivity contribution in [2.45, 2.75) is 25.4 Å². The Balaban J connectivity index is 0.00000114. The van der Waals surface area contributed by atoms with Crippen molar-refractivity contribution >= 4 is 24.0 Å². The number of benzene rings is 1. The molecular weight excluding hydrogens is 449 g/mol. The first-order chi connectivity index (χ1) is 15.3. The van der Waals surface area contributed by atoms with Gasteiger partial charge in [0.05, 0.1) is 25.1 Å². The zero-order chi connectivity index (χ0) is 23.5. The molecule has 0 saturated heterocycles. The van der Waals surface area contributed by atoms with E-state index in [0.717, 1.165) is 10.4 Å². The van der Waals surface area contributed by atoms with E-state index in [-0.39, 0.29) is 36.1 Å². The van der Waals surface area contributed by atoms with Gasteiger partial charge in [-0.15, -0.1) is 10.2 Å². The molecule has 0 aliphatic heterocycles. The third-order valence-electron chi connectivity index (χ3n) is 3.80. The second-order valence-corrected chi connectivity index (χ2v) is 6.57. The van der Waals surface area contributed by atoms with E-state index in [0.29, 0.717) is 18.8 Å². The minimum absolute atomic E-state index is 0.0521. The summed E-state index contributed by atoms with van der Waals surface area (Å²) in [5.41, 5.74) is 6.67. The molecule has 4 N–H and O–H groups in total. The second-order valence-electron chi connectivity index (χ2n) is 6.23. The fourth-order valence-corrected chi connectivity index (χ4v) is 2.55. The smallest absolute Gasteiger partial charge is 0.304 e. The van der Waals surface area contributed by atoms with E-state index in [9.17, 15) is 9.18 Å². The summed E-state index contributed by atoms with van der Waals surface area (Å²) in [5.74, 6) is -1.19. The quantitative estimate of drug-likeness (QED) is 0.302. The summed E-state index contributed by atoms with van der Waals surface area (Å²) in [6.45, 7) is 0.107. The number of aromatic nitrogens is 6. The van der Waals surface area contributed by atoms with E-state index in [1.807, 2.05) is 0 Å². The fourth-order valence-electron chi connectivity index (χ4n) is 2.45. The minimum Gasteiger partial charge on any atom is -0.493 e. The van der Waals surface area contributed by atoms with Crippen molar-refractivity contribution in [3.05, 3.63) is 47.3 Å². The van der Waals surface area contributed by atoms with Crippen LogP contribution < -0.4 is 10.5 Å². The lowest BCUT2D eigenvalue weighted by molar-refractivity contribution is -0.137. The molecule has 2 aromatic heterocycles. The Morgan fingerprint density at radius 1 is 1.34 bits per heavy atom. The van der Waals surface area contributed by atoms with Gasteiger partial charge in [0.2, 0.25) is 11.1 Å². The van der Waals surface area contributed by atoms with Gasteiger partial charge in [0.25, 0.3) is 6.47 Å². The van der Waals surface area contributed by atoms with E-state index >= 15 is 0 Å². The molecule has 32 heavy (non-hydrogen) atoms. The van der Waals surface area contributed by atoms with Crippen molar-refractivity contribution < 1.29 is 28.9 Å². The first-order valence-corrected chi connectivity index (χ1v) is 9.42. The maximum Gasteiger partial charge on any atom is 0.304 e. The molecule has 0 unspecified atom stereocenters. The van der Waals surface area contributed by atoms with Gasteiger partial charge in [0.15, 0.2) is 0 Å². The average Bonchev–Trinajstić information content (AvgIpc) is 3.17. The van der Waals surface area contributed by atoms with Gasteiger partial charge in [-0.25, -0.2) is 14.4 Å². The molecular formula is C18H19ClFN7O5. The Morgan fingerprint density at radius 3 is 2.66 bits per heavy atom. The molecule has 3 aromatic rings. The fraction of sp³-hybridized carbons (Fsp3) is 0.278. The molecule has 0 amide bonds. The largest absolute Gasteiger partial charge is 0.493 e. The molecule has 170 valence electrons. The SMILES string of the molecule is N[C@@H](CC(=O)O)Cn1nnc(-c2ccc(OCCc3cnc(Cl)nc3)cc2F)n1.O=CO. The van der Waals surface area contributed by atoms with Crippen molar-refractivity contribution in [1.29, 1.82) is 0 Å². The van der Waals surface area contributed by atoms with Gasteiger partial charge in [0.1, 0.15) is 11.6 Å². The molecule has 0 saturated carbocycles. The molecule has 0 aliphatic rings. The van der Waals surface area contributed by atoms with Crippen molar-refractivity contribution in [2.75, 3.05) is 6.61 Å². The van der Waals surface area contributed by atoms with E-state index in [1.54, 1.807) is 18.5 Å². The number of hydrogen-bond acceptors (Lipinski definition) is 9. The summed E-state index contributed by atoms with van der Waals surface area (Å²) in [6.07, 6.45) is 3.49. The van der Waals surface area contributed by atoms with Crippen molar-refractivity contribution in [3.63, 3.8) is 0 Å². The van der Waals surface area contributed by atoms with Crippen LogP contribution in [0.15, 0.2) is 30.6 Å². The summed E-state index contributed by atoms with van der Waals surface area (Å²) >= 11 is 5.63. The molecule has 3 rings (SSSR count).